The normalized spacial score (nSPS) is 15.1. The molecule has 0 aliphatic rings. The van der Waals surface area contributed by atoms with Crippen molar-refractivity contribution in [2.75, 3.05) is 0 Å². The van der Waals surface area contributed by atoms with Crippen LogP contribution in [0.15, 0.2) is 42.5 Å². The molecule has 2 rings (SSSR count). The van der Waals surface area contributed by atoms with Gasteiger partial charge in [-0.15, -0.1) is 11.3 Å². The van der Waals surface area contributed by atoms with Gasteiger partial charge in [-0.25, -0.2) is 0 Å². The summed E-state index contributed by atoms with van der Waals surface area (Å²) in [5.41, 5.74) is 0.203. The van der Waals surface area contributed by atoms with Crippen molar-refractivity contribution in [1.29, 1.82) is 0 Å². The van der Waals surface area contributed by atoms with Gasteiger partial charge in [0.1, 0.15) is 6.04 Å². The first-order valence-corrected chi connectivity index (χ1v) is 7.20. The summed E-state index contributed by atoms with van der Waals surface area (Å²) < 4.78 is 40.2. The topological polar surface area (TPSA) is 12.0 Å². The van der Waals surface area contributed by atoms with Crippen molar-refractivity contribution in [1.82, 2.24) is 5.32 Å². The first-order chi connectivity index (χ1) is 9.38. The van der Waals surface area contributed by atoms with Crippen LogP contribution < -0.4 is 5.32 Å². The second kappa shape index (κ2) is 6.16. The van der Waals surface area contributed by atoms with E-state index in [9.17, 15) is 13.2 Å². The summed E-state index contributed by atoms with van der Waals surface area (Å²) in [4.78, 5) is 0.778. The highest BCUT2D eigenvalue weighted by atomic mass is 35.5. The minimum atomic E-state index is -4.35. The Labute approximate surface area is 124 Å². The molecule has 1 heterocycles. The summed E-state index contributed by atoms with van der Waals surface area (Å²) in [6, 6.07) is 9.13. The molecule has 2 aromatic rings. The quantitative estimate of drug-likeness (QED) is 0.800. The van der Waals surface area contributed by atoms with E-state index in [2.05, 4.69) is 5.32 Å². The molecule has 0 radical (unpaired) electrons. The first-order valence-electron chi connectivity index (χ1n) is 6.01. The Morgan fingerprint density at radius 2 is 1.75 bits per heavy atom. The average Bonchev–Trinajstić information content (AvgIpc) is 2.82. The van der Waals surface area contributed by atoms with E-state index >= 15 is 0 Å². The van der Waals surface area contributed by atoms with E-state index in [1.165, 1.54) is 23.5 Å². The SMILES string of the molecule is CC(NC(c1ccccc1)C(F)(F)F)c1ccc(Cl)s1. The van der Waals surface area contributed by atoms with Gasteiger partial charge < -0.3 is 0 Å². The molecule has 1 aromatic heterocycles. The van der Waals surface area contributed by atoms with Crippen LogP contribution in [0.2, 0.25) is 4.34 Å². The van der Waals surface area contributed by atoms with E-state index in [-0.39, 0.29) is 5.56 Å². The largest absolute Gasteiger partial charge is 0.407 e. The zero-order chi connectivity index (χ0) is 14.8. The van der Waals surface area contributed by atoms with Crippen molar-refractivity contribution in [3.05, 3.63) is 57.2 Å². The lowest BCUT2D eigenvalue weighted by atomic mass is 10.1. The minimum absolute atomic E-state index is 0.203. The molecule has 0 fully saturated rings. The number of halogens is 4. The molecule has 0 aliphatic carbocycles. The Bertz CT molecular complexity index is 553. The second-order valence-corrected chi connectivity index (χ2v) is 6.16. The van der Waals surface area contributed by atoms with E-state index in [1.807, 2.05) is 0 Å². The van der Waals surface area contributed by atoms with Crippen LogP contribution in [-0.2, 0) is 0 Å². The van der Waals surface area contributed by atoms with Gasteiger partial charge in [0, 0.05) is 10.9 Å². The summed E-state index contributed by atoms with van der Waals surface area (Å²) in [6.07, 6.45) is -4.35. The zero-order valence-electron chi connectivity index (χ0n) is 10.6. The van der Waals surface area contributed by atoms with Gasteiger partial charge in [0.25, 0.3) is 0 Å². The van der Waals surface area contributed by atoms with Gasteiger partial charge in [-0.05, 0) is 24.6 Å². The van der Waals surface area contributed by atoms with Gasteiger partial charge in [0.15, 0.2) is 0 Å². The predicted octanol–water partition coefficient (Wildman–Crippen LogP) is 5.36. The smallest absolute Gasteiger partial charge is 0.295 e. The molecule has 0 saturated heterocycles. The van der Waals surface area contributed by atoms with Crippen molar-refractivity contribution in [3.63, 3.8) is 0 Å². The third kappa shape index (κ3) is 3.75. The number of nitrogens with one attached hydrogen (secondary N) is 1. The standard InChI is InChI=1S/C14H13ClF3NS/c1-9(11-7-8-12(15)20-11)19-13(14(16,17)18)10-5-3-2-4-6-10/h2-9,13,19H,1H3. The fraction of sp³-hybridized carbons (Fsp3) is 0.286. The maximum Gasteiger partial charge on any atom is 0.407 e. The summed E-state index contributed by atoms with van der Waals surface area (Å²) in [5, 5.41) is 2.63. The molecule has 0 bridgehead atoms. The van der Waals surface area contributed by atoms with Gasteiger partial charge in [-0.2, -0.15) is 13.2 Å². The molecule has 2 unspecified atom stereocenters. The highest BCUT2D eigenvalue weighted by Crippen LogP contribution is 2.36. The maximum atomic E-state index is 13.2. The van der Waals surface area contributed by atoms with Gasteiger partial charge >= 0.3 is 6.18 Å². The number of hydrogen-bond donors (Lipinski definition) is 1. The number of benzene rings is 1. The van der Waals surface area contributed by atoms with Crippen LogP contribution >= 0.6 is 22.9 Å². The summed E-state index contributed by atoms with van der Waals surface area (Å²) in [6.45, 7) is 1.70. The van der Waals surface area contributed by atoms with Gasteiger partial charge in [0.05, 0.1) is 4.34 Å². The summed E-state index contributed by atoms with van der Waals surface area (Å²) in [7, 11) is 0. The van der Waals surface area contributed by atoms with Gasteiger partial charge in [0.2, 0.25) is 0 Å². The fourth-order valence-corrected chi connectivity index (χ4v) is 2.99. The van der Waals surface area contributed by atoms with Crippen molar-refractivity contribution < 1.29 is 13.2 Å². The zero-order valence-corrected chi connectivity index (χ0v) is 12.2. The lowest BCUT2D eigenvalue weighted by molar-refractivity contribution is -0.159. The van der Waals surface area contributed by atoms with Crippen LogP contribution in [0.3, 0.4) is 0 Å². The molecule has 0 spiro atoms. The van der Waals surface area contributed by atoms with E-state index < -0.39 is 18.3 Å². The number of thiophene rings is 1. The van der Waals surface area contributed by atoms with Crippen LogP contribution in [0.4, 0.5) is 13.2 Å². The fourth-order valence-electron chi connectivity index (χ4n) is 1.92. The monoisotopic (exact) mass is 319 g/mol. The molecule has 20 heavy (non-hydrogen) atoms. The molecule has 0 aliphatic heterocycles. The Balaban J connectivity index is 2.21. The Hall–Kier alpha value is -1.04. The highest BCUT2D eigenvalue weighted by molar-refractivity contribution is 7.16. The molecular formula is C14H13ClF3NS. The van der Waals surface area contributed by atoms with Crippen LogP contribution in [-0.4, -0.2) is 6.18 Å². The molecule has 0 amide bonds. The summed E-state index contributed by atoms with van der Waals surface area (Å²) >= 11 is 7.10. The van der Waals surface area contributed by atoms with E-state index in [1.54, 1.807) is 37.3 Å². The number of hydrogen-bond acceptors (Lipinski definition) is 2. The lowest BCUT2D eigenvalue weighted by Crippen LogP contribution is -2.35. The molecule has 6 heteroatoms. The minimum Gasteiger partial charge on any atom is -0.295 e. The van der Waals surface area contributed by atoms with E-state index in [4.69, 9.17) is 11.6 Å². The van der Waals surface area contributed by atoms with Crippen molar-refractivity contribution >= 4 is 22.9 Å². The highest BCUT2D eigenvalue weighted by Gasteiger charge is 2.41. The van der Waals surface area contributed by atoms with Gasteiger partial charge in [-0.3, -0.25) is 5.32 Å². The lowest BCUT2D eigenvalue weighted by Gasteiger charge is -2.25. The van der Waals surface area contributed by atoms with Crippen molar-refractivity contribution in [3.8, 4) is 0 Å². The average molecular weight is 320 g/mol. The van der Waals surface area contributed by atoms with Crippen molar-refractivity contribution in [2.45, 2.75) is 25.2 Å². The van der Waals surface area contributed by atoms with Crippen LogP contribution in [0, 0.1) is 0 Å². The molecule has 1 aromatic carbocycles. The van der Waals surface area contributed by atoms with E-state index in [0.717, 1.165) is 4.88 Å². The van der Waals surface area contributed by atoms with E-state index in [0.29, 0.717) is 4.34 Å². The maximum absolute atomic E-state index is 13.2. The van der Waals surface area contributed by atoms with Crippen LogP contribution in [0.1, 0.15) is 29.4 Å². The Morgan fingerprint density at radius 1 is 1.10 bits per heavy atom. The number of rotatable bonds is 4. The molecule has 108 valence electrons. The molecule has 1 N–H and O–H groups in total. The molecule has 2 atom stereocenters. The van der Waals surface area contributed by atoms with Gasteiger partial charge in [-0.1, -0.05) is 41.9 Å². The molecular weight excluding hydrogens is 307 g/mol. The predicted molar refractivity (Wildman–Crippen MR) is 76.1 cm³/mol. The van der Waals surface area contributed by atoms with Crippen LogP contribution in [0.25, 0.3) is 0 Å². The third-order valence-corrected chi connectivity index (χ3v) is 4.31. The number of alkyl halides is 3. The molecule has 1 nitrogen and oxygen atoms in total. The third-order valence-electron chi connectivity index (χ3n) is 2.90. The summed E-state index contributed by atoms with van der Waals surface area (Å²) in [5.74, 6) is 0. The molecule has 0 saturated carbocycles. The first kappa shape index (κ1) is 15.4. The van der Waals surface area contributed by atoms with Crippen molar-refractivity contribution in [2.24, 2.45) is 0 Å². The Kier molecular flexibility index (Phi) is 4.73. The second-order valence-electron chi connectivity index (χ2n) is 4.42. The Morgan fingerprint density at radius 3 is 2.25 bits per heavy atom. The van der Waals surface area contributed by atoms with Crippen LogP contribution in [0.5, 0.6) is 0 Å².